The van der Waals surface area contributed by atoms with Crippen molar-refractivity contribution in [2.45, 2.75) is 64.1 Å². The third kappa shape index (κ3) is 2.63. The number of nitrogens with zero attached hydrogens (tertiary/aromatic N) is 3. The first-order valence-electron chi connectivity index (χ1n) is 7.91. The van der Waals surface area contributed by atoms with Crippen molar-refractivity contribution in [1.82, 2.24) is 14.7 Å². The summed E-state index contributed by atoms with van der Waals surface area (Å²) < 4.78 is 0. The van der Waals surface area contributed by atoms with Crippen LogP contribution >= 0.6 is 0 Å². The Morgan fingerprint density at radius 2 is 1.71 bits per heavy atom. The molecule has 1 aliphatic carbocycles. The predicted octanol–water partition coefficient (Wildman–Crippen LogP) is 1.20. The highest BCUT2D eigenvalue weighted by Crippen LogP contribution is 2.30. The summed E-state index contributed by atoms with van der Waals surface area (Å²) in [6, 6.07) is 0.310. The molecule has 4 amide bonds. The van der Waals surface area contributed by atoms with E-state index in [9.17, 15) is 14.4 Å². The van der Waals surface area contributed by atoms with Crippen LogP contribution < -0.4 is 0 Å². The topological polar surface area (TPSA) is 60.9 Å². The number of carbonyl (C=O) groups is 3. The van der Waals surface area contributed by atoms with Gasteiger partial charge in [-0.3, -0.25) is 14.5 Å². The fraction of sp³-hybridized carbons (Fsp3) is 0.800. The summed E-state index contributed by atoms with van der Waals surface area (Å²) in [5.41, 5.74) is 0. The van der Waals surface area contributed by atoms with E-state index in [0.29, 0.717) is 0 Å². The maximum atomic E-state index is 12.5. The zero-order chi connectivity index (χ0) is 15.1. The molecule has 3 rings (SSSR count). The molecular formula is C15H23N3O3. The summed E-state index contributed by atoms with van der Waals surface area (Å²) in [5.74, 6) is -0.341. The number of carbonyl (C=O) groups excluding carboxylic acids is 3. The molecule has 0 radical (unpaired) electrons. The van der Waals surface area contributed by atoms with E-state index in [2.05, 4.69) is 0 Å². The Kier molecular flexibility index (Phi) is 3.63. The second kappa shape index (κ2) is 5.31. The minimum Gasteiger partial charge on any atom is -0.336 e. The van der Waals surface area contributed by atoms with Gasteiger partial charge in [0.15, 0.2) is 0 Å². The lowest BCUT2D eigenvalue weighted by molar-refractivity contribution is -0.141. The zero-order valence-corrected chi connectivity index (χ0v) is 12.7. The Bertz CT molecular complexity index is 465. The lowest BCUT2D eigenvalue weighted by atomic mass is 9.97. The van der Waals surface area contributed by atoms with Gasteiger partial charge in [0.2, 0.25) is 5.91 Å². The highest BCUT2D eigenvalue weighted by Gasteiger charge is 2.45. The lowest BCUT2D eigenvalue weighted by Crippen LogP contribution is -2.52. The van der Waals surface area contributed by atoms with Gasteiger partial charge in [0.1, 0.15) is 13.1 Å². The number of amides is 4. The number of likely N-dealkylation sites (tertiary alicyclic amines) is 1. The molecular weight excluding hydrogens is 270 g/mol. The molecule has 0 aromatic heterocycles. The summed E-state index contributed by atoms with van der Waals surface area (Å²) in [6.45, 7) is 4.12. The van der Waals surface area contributed by atoms with E-state index in [0.717, 1.165) is 37.0 Å². The van der Waals surface area contributed by atoms with Gasteiger partial charge in [-0.05, 0) is 46.0 Å². The fourth-order valence-corrected chi connectivity index (χ4v) is 3.52. The molecule has 3 aliphatic rings. The molecule has 2 saturated heterocycles. The number of piperidine rings is 1. The molecule has 0 spiro atoms. The van der Waals surface area contributed by atoms with Crippen molar-refractivity contribution >= 4 is 17.8 Å². The van der Waals surface area contributed by atoms with Gasteiger partial charge >= 0.3 is 6.03 Å². The second-order valence-electron chi connectivity index (χ2n) is 6.55. The lowest BCUT2D eigenvalue weighted by Gasteiger charge is -2.39. The van der Waals surface area contributed by atoms with E-state index >= 15 is 0 Å². The first-order chi connectivity index (χ1) is 9.99. The quantitative estimate of drug-likeness (QED) is 0.735. The first kappa shape index (κ1) is 14.4. The van der Waals surface area contributed by atoms with Crippen LogP contribution in [0, 0.1) is 0 Å². The molecule has 21 heavy (non-hydrogen) atoms. The van der Waals surface area contributed by atoms with Gasteiger partial charge in [-0.2, -0.15) is 0 Å². The van der Waals surface area contributed by atoms with Crippen molar-refractivity contribution in [2.24, 2.45) is 0 Å². The van der Waals surface area contributed by atoms with Gasteiger partial charge in [0.05, 0.1) is 0 Å². The van der Waals surface area contributed by atoms with E-state index in [-0.39, 0.29) is 49.1 Å². The Labute approximate surface area is 125 Å². The minimum atomic E-state index is -0.284. The molecule has 1 saturated carbocycles. The van der Waals surface area contributed by atoms with Crippen molar-refractivity contribution < 1.29 is 14.4 Å². The Morgan fingerprint density at radius 3 is 2.29 bits per heavy atom. The van der Waals surface area contributed by atoms with Crippen molar-refractivity contribution in [3.05, 3.63) is 0 Å². The maximum Gasteiger partial charge on any atom is 0.327 e. The van der Waals surface area contributed by atoms with Gasteiger partial charge in [0, 0.05) is 18.1 Å². The average molecular weight is 293 g/mol. The van der Waals surface area contributed by atoms with Crippen LogP contribution in [0.25, 0.3) is 0 Å². The van der Waals surface area contributed by atoms with Gasteiger partial charge in [-0.1, -0.05) is 0 Å². The fourth-order valence-electron chi connectivity index (χ4n) is 3.52. The van der Waals surface area contributed by atoms with E-state index in [4.69, 9.17) is 0 Å². The molecule has 0 bridgehead atoms. The third-order valence-electron chi connectivity index (χ3n) is 4.85. The predicted molar refractivity (Wildman–Crippen MR) is 76.5 cm³/mol. The van der Waals surface area contributed by atoms with Crippen LogP contribution in [0.2, 0.25) is 0 Å². The van der Waals surface area contributed by atoms with Crippen LogP contribution in [-0.4, -0.2) is 63.8 Å². The summed E-state index contributed by atoms with van der Waals surface area (Å²) in [5, 5.41) is 0. The van der Waals surface area contributed by atoms with Crippen LogP contribution in [0.4, 0.5) is 4.79 Å². The highest BCUT2D eigenvalue weighted by atomic mass is 16.2. The second-order valence-corrected chi connectivity index (χ2v) is 6.55. The van der Waals surface area contributed by atoms with Crippen LogP contribution in [0.15, 0.2) is 0 Å². The number of urea groups is 1. The minimum absolute atomic E-state index is 0.102. The Balaban J connectivity index is 1.66. The van der Waals surface area contributed by atoms with Crippen LogP contribution in [0.5, 0.6) is 0 Å². The van der Waals surface area contributed by atoms with Crippen molar-refractivity contribution in [3.63, 3.8) is 0 Å². The third-order valence-corrected chi connectivity index (χ3v) is 4.85. The largest absolute Gasteiger partial charge is 0.336 e. The van der Waals surface area contributed by atoms with E-state index in [1.807, 2.05) is 18.7 Å². The molecule has 0 aromatic carbocycles. The summed E-state index contributed by atoms with van der Waals surface area (Å²) in [4.78, 5) is 41.4. The zero-order valence-electron chi connectivity index (χ0n) is 12.7. The number of hydrogen-bond donors (Lipinski definition) is 0. The number of rotatable bonds is 3. The smallest absolute Gasteiger partial charge is 0.327 e. The number of imide groups is 1. The van der Waals surface area contributed by atoms with E-state index < -0.39 is 0 Å². The van der Waals surface area contributed by atoms with Gasteiger partial charge in [-0.15, -0.1) is 0 Å². The van der Waals surface area contributed by atoms with Crippen molar-refractivity contribution in [3.8, 4) is 0 Å². The van der Waals surface area contributed by atoms with Crippen molar-refractivity contribution in [1.29, 1.82) is 0 Å². The van der Waals surface area contributed by atoms with E-state index in [1.165, 1.54) is 0 Å². The molecule has 0 N–H and O–H groups in total. The first-order valence-corrected chi connectivity index (χ1v) is 7.91. The van der Waals surface area contributed by atoms with Crippen molar-refractivity contribution in [2.75, 3.05) is 13.1 Å². The molecule has 6 nitrogen and oxygen atoms in total. The van der Waals surface area contributed by atoms with Gasteiger partial charge in [-0.25, -0.2) is 4.79 Å². The SMILES string of the molecule is CC1CCCC(C)N1C(=O)CN1C(=O)CN(C2CC2)C1=O. The molecule has 2 unspecified atom stereocenters. The van der Waals surface area contributed by atoms with Crippen LogP contribution in [-0.2, 0) is 9.59 Å². The molecule has 6 heteroatoms. The molecule has 0 aromatic rings. The van der Waals surface area contributed by atoms with Crippen LogP contribution in [0.1, 0.15) is 46.0 Å². The Hall–Kier alpha value is -1.59. The van der Waals surface area contributed by atoms with Gasteiger partial charge < -0.3 is 9.80 Å². The normalized spacial score (nSPS) is 30.3. The van der Waals surface area contributed by atoms with Crippen LogP contribution in [0.3, 0.4) is 0 Å². The molecule has 2 aliphatic heterocycles. The summed E-state index contributed by atoms with van der Waals surface area (Å²) in [6.07, 6.45) is 5.06. The monoisotopic (exact) mass is 293 g/mol. The standard InChI is InChI=1S/C15H23N3O3/c1-10-4-3-5-11(2)18(10)14(20)9-17-13(19)8-16(15(17)21)12-6-7-12/h10-12H,3-9H2,1-2H3. The van der Waals surface area contributed by atoms with E-state index in [1.54, 1.807) is 4.90 Å². The highest BCUT2D eigenvalue weighted by molar-refractivity contribution is 6.04. The Morgan fingerprint density at radius 1 is 1.10 bits per heavy atom. The summed E-state index contributed by atoms with van der Waals surface area (Å²) in [7, 11) is 0. The molecule has 2 atom stereocenters. The number of hydrogen-bond acceptors (Lipinski definition) is 3. The summed E-state index contributed by atoms with van der Waals surface area (Å²) >= 11 is 0. The molecule has 116 valence electrons. The molecule has 2 heterocycles. The average Bonchev–Trinajstić information content (AvgIpc) is 3.21. The van der Waals surface area contributed by atoms with Gasteiger partial charge in [0.25, 0.3) is 5.91 Å². The maximum absolute atomic E-state index is 12.5. The molecule has 3 fully saturated rings.